The molecule has 156 valence electrons. The minimum atomic E-state index is -4.73. The fraction of sp³-hybridized carbons (Fsp3) is 0.190. The molecule has 0 saturated carbocycles. The van der Waals surface area contributed by atoms with E-state index in [1.54, 1.807) is 17.2 Å². The van der Waals surface area contributed by atoms with Crippen molar-refractivity contribution in [2.75, 3.05) is 13.2 Å². The molecule has 0 atom stereocenters. The van der Waals surface area contributed by atoms with Crippen LogP contribution in [-0.4, -0.2) is 35.3 Å². The summed E-state index contributed by atoms with van der Waals surface area (Å²) in [5, 5.41) is 6.12. The van der Waals surface area contributed by atoms with Gasteiger partial charge in [-0.3, -0.25) is 5.01 Å². The predicted molar refractivity (Wildman–Crippen MR) is 101 cm³/mol. The molecule has 30 heavy (non-hydrogen) atoms. The van der Waals surface area contributed by atoms with Crippen molar-refractivity contribution in [1.82, 2.24) is 9.91 Å². The van der Waals surface area contributed by atoms with E-state index in [0.717, 1.165) is 5.57 Å². The van der Waals surface area contributed by atoms with E-state index in [4.69, 9.17) is 0 Å². The Kier molecular flexibility index (Phi) is 5.19. The van der Waals surface area contributed by atoms with Crippen LogP contribution in [0, 0.1) is 11.6 Å². The van der Waals surface area contributed by atoms with Gasteiger partial charge in [-0.05, 0) is 54.0 Å². The number of hydrazone groups is 1. The SMILES string of the molecule is Fc1cccc(F)c1CCN1CN2C=C(c3ccc(OC(F)(F)F)cc3)C=CC2=N1. The van der Waals surface area contributed by atoms with E-state index in [1.165, 1.54) is 42.5 Å². The van der Waals surface area contributed by atoms with E-state index in [-0.39, 0.29) is 17.7 Å². The maximum Gasteiger partial charge on any atom is 0.573 e. The van der Waals surface area contributed by atoms with Crippen LogP contribution in [0.4, 0.5) is 22.0 Å². The maximum atomic E-state index is 13.8. The summed E-state index contributed by atoms with van der Waals surface area (Å²) < 4.78 is 68.3. The van der Waals surface area contributed by atoms with Crippen LogP contribution in [-0.2, 0) is 6.42 Å². The van der Waals surface area contributed by atoms with E-state index in [1.807, 2.05) is 11.1 Å². The third kappa shape index (κ3) is 4.45. The molecule has 0 N–H and O–H groups in total. The van der Waals surface area contributed by atoms with E-state index < -0.39 is 18.0 Å². The minimum Gasteiger partial charge on any atom is -0.406 e. The van der Waals surface area contributed by atoms with Crippen molar-refractivity contribution in [3.05, 3.63) is 83.6 Å². The Bertz CT molecular complexity index is 1010. The highest BCUT2D eigenvalue weighted by atomic mass is 19.4. The fourth-order valence-electron chi connectivity index (χ4n) is 3.25. The van der Waals surface area contributed by atoms with Gasteiger partial charge in [0, 0.05) is 18.3 Å². The fourth-order valence-corrected chi connectivity index (χ4v) is 3.25. The lowest BCUT2D eigenvalue weighted by atomic mass is 10.0. The quantitative estimate of drug-likeness (QED) is 0.643. The number of rotatable bonds is 5. The summed E-state index contributed by atoms with van der Waals surface area (Å²) in [6.45, 7) is 0.729. The Labute approximate surface area is 169 Å². The molecular weight excluding hydrogens is 405 g/mol. The van der Waals surface area contributed by atoms with Crippen LogP contribution >= 0.6 is 0 Å². The molecule has 4 nitrogen and oxygen atoms in total. The summed E-state index contributed by atoms with van der Waals surface area (Å²) in [5.74, 6) is -0.786. The molecule has 0 fully saturated rings. The lowest BCUT2D eigenvalue weighted by molar-refractivity contribution is -0.274. The highest BCUT2D eigenvalue weighted by Gasteiger charge is 2.31. The molecule has 2 aliphatic heterocycles. The standard InChI is InChI=1S/C21H16F5N3O/c22-18-2-1-3-19(23)17(18)10-11-29-13-28-12-15(6-9-20(28)27-29)14-4-7-16(8-5-14)30-21(24,25)26/h1-9,12H,10-11,13H2. The van der Waals surface area contributed by atoms with Crippen molar-refractivity contribution in [3.8, 4) is 5.75 Å². The second-order valence-electron chi connectivity index (χ2n) is 6.74. The first kappa shape index (κ1) is 19.9. The van der Waals surface area contributed by atoms with Gasteiger partial charge >= 0.3 is 6.36 Å². The van der Waals surface area contributed by atoms with Crippen LogP contribution in [0.1, 0.15) is 11.1 Å². The maximum absolute atomic E-state index is 13.8. The van der Waals surface area contributed by atoms with Crippen LogP contribution in [0.3, 0.4) is 0 Å². The topological polar surface area (TPSA) is 28.1 Å². The number of hydrogen-bond donors (Lipinski definition) is 0. The molecule has 0 bridgehead atoms. The van der Waals surface area contributed by atoms with E-state index in [0.29, 0.717) is 24.6 Å². The summed E-state index contributed by atoms with van der Waals surface area (Å²) in [6.07, 6.45) is 0.835. The van der Waals surface area contributed by atoms with Crippen molar-refractivity contribution in [2.24, 2.45) is 5.10 Å². The first-order valence-electron chi connectivity index (χ1n) is 9.08. The highest BCUT2D eigenvalue weighted by molar-refractivity contribution is 6.00. The Morgan fingerprint density at radius 3 is 2.33 bits per heavy atom. The Morgan fingerprint density at radius 2 is 1.67 bits per heavy atom. The monoisotopic (exact) mass is 421 g/mol. The van der Waals surface area contributed by atoms with Crippen LogP contribution in [0.15, 0.2) is 65.9 Å². The van der Waals surface area contributed by atoms with Gasteiger partial charge in [-0.15, -0.1) is 13.2 Å². The highest BCUT2D eigenvalue weighted by Crippen LogP contribution is 2.28. The number of halogens is 5. The van der Waals surface area contributed by atoms with Crippen molar-refractivity contribution >= 4 is 11.4 Å². The average molecular weight is 421 g/mol. The molecular formula is C21H16F5N3O. The number of alkyl halides is 3. The van der Waals surface area contributed by atoms with Crippen LogP contribution in [0.2, 0.25) is 0 Å². The van der Waals surface area contributed by atoms with E-state index in [2.05, 4.69) is 9.84 Å². The van der Waals surface area contributed by atoms with Crippen LogP contribution in [0.5, 0.6) is 5.75 Å². The van der Waals surface area contributed by atoms with Crippen LogP contribution < -0.4 is 4.74 Å². The molecule has 9 heteroatoms. The van der Waals surface area contributed by atoms with Gasteiger partial charge in [-0.25, -0.2) is 8.78 Å². The first-order chi connectivity index (χ1) is 14.3. The van der Waals surface area contributed by atoms with Crippen molar-refractivity contribution in [1.29, 1.82) is 0 Å². The van der Waals surface area contributed by atoms with Crippen LogP contribution in [0.25, 0.3) is 5.57 Å². The van der Waals surface area contributed by atoms with Gasteiger partial charge in [-0.2, -0.15) is 5.10 Å². The number of hydrogen-bond acceptors (Lipinski definition) is 4. The number of benzene rings is 2. The van der Waals surface area contributed by atoms with Gasteiger partial charge in [-0.1, -0.05) is 18.2 Å². The van der Waals surface area contributed by atoms with Gasteiger partial charge < -0.3 is 9.64 Å². The van der Waals surface area contributed by atoms with Crippen molar-refractivity contribution in [3.63, 3.8) is 0 Å². The number of fused-ring (bicyclic) bond motifs is 1. The third-order valence-electron chi connectivity index (χ3n) is 4.66. The predicted octanol–water partition coefficient (Wildman–Crippen LogP) is 4.91. The molecule has 0 aromatic heterocycles. The van der Waals surface area contributed by atoms with Gasteiger partial charge in [0.1, 0.15) is 24.1 Å². The Hall–Kier alpha value is -3.36. The second kappa shape index (κ2) is 7.81. The Balaban J connectivity index is 1.41. The lowest BCUT2D eigenvalue weighted by Crippen LogP contribution is -2.28. The molecule has 0 aliphatic carbocycles. The van der Waals surface area contributed by atoms with E-state index in [9.17, 15) is 22.0 Å². The van der Waals surface area contributed by atoms with E-state index >= 15 is 0 Å². The first-order valence-corrected chi connectivity index (χ1v) is 9.08. The summed E-state index contributed by atoms with van der Waals surface area (Å²) >= 11 is 0. The molecule has 2 aliphatic rings. The number of amidine groups is 1. The molecule has 0 saturated heterocycles. The van der Waals surface area contributed by atoms with Crippen molar-refractivity contribution in [2.45, 2.75) is 12.8 Å². The molecule has 2 heterocycles. The van der Waals surface area contributed by atoms with Gasteiger partial charge in [0.25, 0.3) is 0 Å². The summed E-state index contributed by atoms with van der Waals surface area (Å²) in [6, 6.07) is 9.34. The number of allylic oxidation sites excluding steroid dienone is 2. The summed E-state index contributed by atoms with van der Waals surface area (Å²) in [4.78, 5) is 1.85. The lowest BCUT2D eigenvalue weighted by Gasteiger charge is -2.20. The largest absolute Gasteiger partial charge is 0.573 e. The molecule has 4 rings (SSSR count). The molecule has 0 radical (unpaired) electrons. The normalized spacial score (nSPS) is 15.8. The number of nitrogens with zero attached hydrogens (tertiary/aromatic N) is 3. The molecule has 2 aromatic rings. The zero-order chi connectivity index (χ0) is 21.3. The zero-order valence-corrected chi connectivity index (χ0v) is 15.5. The number of ether oxygens (including phenoxy) is 1. The van der Waals surface area contributed by atoms with Crippen molar-refractivity contribution < 1.29 is 26.7 Å². The molecule has 0 amide bonds. The third-order valence-corrected chi connectivity index (χ3v) is 4.66. The van der Waals surface area contributed by atoms with Gasteiger partial charge in [0.05, 0.1) is 0 Å². The Morgan fingerprint density at radius 1 is 0.967 bits per heavy atom. The molecule has 0 unspecified atom stereocenters. The summed E-state index contributed by atoms with van der Waals surface area (Å²) in [7, 11) is 0. The summed E-state index contributed by atoms with van der Waals surface area (Å²) in [5.41, 5.74) is 1.52. The second-order valence-corrected chi connectivity index (χ2v) is 6.74. The molecule has 2 aromatic carbocycles. The zero-order valence-electron chi connectivity index (χ0n) is 15.5. The average Bonchev–Trinajstić information content (AvgIpc) is 3.09. The molecule has 0 spiro atoms. The smallest absolute Gasteiger partial charge is 0.406 e. The minimum absolute atomic E-state index is 0.0236. The van der Waals surface area contributed by atoms with Gasteiger partial charge in [0.2, 0.25) is 0 Å². The van der Waals surface area contributed by atoms with Gasteiger partial charge in [0.15, 0.2) is 5.84 Å².